The van der Waals surface area contributed by atoms with E-state index >= 15 is 0 Å². The second-order valence-electron chi connectivity index (χ2n) is 5.17. The minimum atomic E-state index is -0.0603. The van der Waals surface area contributed by atoms with Crippen LogP contribution in [0.25, 0.3) is 0 Å². The van der Waals surface area contributed by atoms with Gasteiger partial charge >= 0.3 is 0 Å². The van der Waals surface area contributed by atoms with Crippen molar-refractivity contribution in [3.63, 3.8) is 0 Å². The zero-order valence-corrected chi connectivity index (χ0v) is 10.1. The van der Waals surface area contributed by atoms with Gasteiger partial charge < -0.3 is 4.74 Å². The van der Waals surface area contributed by atoms with E-state index in [0.717, 1.165) is 32.5 Å². The van der Waals surface area contributed by atoms with Crippen molar-refractivity contribution in [2.45, 2.75) is 52.4 Å². The minimum absolute atomic E-state index is 0.0603. The summed E-state index contributed by atoms with van der Waals surface area (Å²) in [6.45, 7) is 5.88. The number of hydrogen-bond acceptors (Lipinski definition) is 2. The van der Waals surface area contributed by atoms with Gasteiger partial charge in [-0.25, -0.2) is 0 Å². The average Bonchev–Trinajstić information content (AvgIpc) is 2.26. The molecule has 0 atom stereocenters. The molecule has 0 bridgehead atoms. The Morgan fingerprint density at radius 1 is 1.27 bits per heavy atom. The van der Waals surface area contributed by atoms with Crippen LogP contribution in [0, 0.1) is 22.7 Å². The van der Waals surface area contributed by atoms with Gasteiger partial charge in [0.15, 0.2) is 0 Å². The van der Waals surface area contributed by atoms with Crippen molar-refractivity contribution in [2.24, 2.45) is 11.3 Å². The molecule has 0 aromatic carbocycles. The smallest absolute Gasteiger partial charge is 0.0690 e. The van der Waals surface area contributed by atoms with Gasteiger partial charge in [-0.1, -0.05) is 33.1 Å². The number of nitriles is 1. The summed E-state index contributed by atoms with van der Waals surface area (Å²) < 4.78 is 5.57. The molecule has 2 nitrogen and oxygen atoms in total. The van der Waals surface area contributed by atoms with E-state index in [2.05, 4.69) is 19.9 Å². The summed E-state index contributed by atoms with van der Waals surface area (Å²) in [5.41, 5.74) is -0.0603. The van der Waals surface area contributed by atoms with E-state index in [0.29, 0.717) is 5.92 Å². The molecular formula is C13H23NO. The molecule has 2 heteroatoms. The molecule has 0 radical (unpaired) electrons. The van der Waals surface area contributed by atoms with Crippen LogP contribution in [0.2, 0.25) is 0 Å². The molecule has 0 aromatic rings. The lowest BCUT2D eigenvalue weighted by Gasteiger charge is -2.30. The topological polar surface area (TPSA) is 33.0 Å². The first-order valence-corrected chi connectivity index (χ1v) is 6.17. The Morgan fingerprint density at radius 3 is 2.47 bits per heavy atom. The second-order valence-corrected chi connectivity index (χ2v) is 5.17. The highest BCUT2D eigenvalue weighted by atomic mass is 16.5. The Hall–Kier alpha value is -0.550. The monoisotopic (exact) mass is 209 g/mol. The summed E-state index contributed by atoms with van der Waals surface area (Å²) in [7, 11) is 0. The average molecular weight is 209 g/mol. The summed E-state index contributed by atoms with van der Waals surface area (Å²) in [5, 5.41) is 9.24. The predicted octanol–water partition coefficient (Wildman–Crippen LogP) is 3.52. The van der Waals surface area contributed by atoms with Crippen LogP contribution in [-0.2, 0) is 4.74 Å². The summed E-state index contributed by atoms with van der Waals surface area (Å²) in [4.78, 5) is 0. The van der Waals surface area contributed by atoms with E-state index in [1.165, 1.54) is 19.3 Å². The molecule has 0 spiro atoms. The van der Waals surface area contributed by atoms with Gasteiger partial charge in [0.2, 0.25) is 0 Å². The maximum Gasteiger partial charge on any atom is 0.0690 e. The van der Waals surface area contributed by atoms with Crippen LogP contribution < -0.4 is 0 Å². The first kappa shape index (κ1) is 12.5. The molecule has 1 aliphatic rings. The molecule has 0 aromatic heterocycles. The fourth-order valence-corrected chi connectivity index (χ4v) is 2.23. The molecule has 0 heterocycles. The van der Waals surface area contributed by atoms with Gasteiger partial charge in [-0.2, -0.15) is 5.26 Å². The van der Waals surface area contributed by atoms with Gasteiger partial charge in [0.25, 0.3) is 0 Å². The summed E-state index contributed by atoms with van der Waals surface area (Å²) in [6, 6.07) is 2.53. The van der Waals surface area contributed by atoms with Crippen LogP contribution in [0.3, 0.4) is 0 Å². The highest BCUT2D eigenvalue weighted by molar-refractivity contribution is 5.00. The Kier molecular flexibility index (Phi) is 5.11. The summed E-state index contributed by atoms with van der Waals surface area (Å²) in [5.74, 6) is 0.592. The lowest BCUT2D eigenvalue weighted by atomic mass is 9.73. The normalized spacial score (nSPS) is 20.1. The van der Waals surface area contributed by atoms with E-state index in [4.69, 9.17) is 4.74 Å². The largest absolute Gasteiger partial charge is 0.381 e. The Morgan fingerprint density at radius 2 is 1.93 bits per heavy atom. The first-order valence-electron chi connectivity index (χ1n) is 6.17. The van der Waals surface area contributed by atoms with Gasteiger partial charge in [0.1, 0.15) is 0 Å². The summed E-state index contributed by atoms with van der Waals surface area (Å²) >= 11 is 0. The lowest BCUT2D eigenvalue weighted by molar-refractivity contribution is 0.0794. The SMILES string of the molecule is CC(C)COCCC1(C#N)CCCCC1. The van der Waals surface area contributed by atoms with Gasteiger partial charge in [0.05, 0.1) is 11.5 Å². The fourth-order valence-electron chi connectivity index (χ4n) is 2.23. The van der Waals surface area contributed by atoms with Gasteiger partial charge in [-0.05, 0) is 25.2 Å². The van der Waals surface area contributed by atoms with Crippen molar-refractivity contribution in [3.8, 4) is 6.07 Å². The Balaban J connectivity index is 2.24. The van der Waals surface area contributed by atoms with Crippen molar-refractivity contribution in [2.75, 3.05) is 13.2 Å². The molecular weight excluding hydrogens is 186 g/mol. The van der Waals surface area contributed by atoms with Crippen LogP contribution in [0.4, 0.5) is 0 Å². The molecule has 15 heavy (non-hydrogen) atoms. The van der Waals surface area contributed by atoms with Gasteiger partial charge in [0, 0.05) is 13.2 Å². The molecule has 0 amide bonds. The first-order chi connectivity index (χ1) is 7.18. The van der Waals surface area contributed by atoms with Crippen LogP contribution in [0.15, 0.2) is 0 Å². The van der Waals surface area contributed by atoms with Crippen molar-refractivity contribution in [1.82, 2.24) is 0 Å². The highest BCUT2D eigenvalue weighted by Crippen LogP contribution is 2.38. The number of nitrogens with zero attached hydrogens (tertiary/aromatic N) is 1. The van der Waals surface area contributed by atoms with Crippen LogP contribution in [-0.4, -0.2) is 13.2 Å². The standard InChI is InChI=1S/C13H23NO/c1-12(2)10-15-9-8-13(11-14)6-4-3-5-7-13/h12H,3-10H2,1-2H3. The molecule has 0 N–H and O–H groups in total. The van der Waals surface area contributed by atoms with E-state index in [9.17, 15) is 5.26 Å². The van der Waals surface area contributed by atoms with Gasteiger partial charge in [-0.15, -0.1) is 0 Å². The van der Waals surface area contributed by atoms with E-state index < -0.39 is 0 Å². The molecule has 0 saturated heterocycles. The van der Waals surface area contributed by atoms with E-state index in [-0.39, 0.29) is 5.41 Å². The van der Waals surface area contributed by atoms with Crippen molar-refractivity contribution < 1.29 is 4.74 Å². The maximum atomic E-state index is 9.24. The van der Waals surface area contributed by atoms with Crippen molar-refractivity contribution in [1.29, 1.82) is 5.26 Å². The molecule has 1 saturated carbocycles. The molecule has 1 fully saturated rings. The van der Waals surface area contributed by atoms with Crippen LogP contribution in [0.5, 0.6) is 0 Å². The zero-order chi connectivity index (χ0) is 11.1. The molecule has 1 rings (SSSR count). The summed E-state index contributed by atoms with van der Waals surface area (Å²) in [6.07, 6.45) is 6.82. The minimum Gasteiger partial charge on any atom is -0.381 e. The third-order valence-corrected chi connectivity index (χ3v) is 3.22. The Bertz CT molecular complexity index is 211. The highest BCUT2D eigenvalue weighted by Gasteiger charge is 2.31. The van der Waals surface area contributed by atoms with Crippen LogP contribution in [0.1, 0.15) is 52.4 Å². The fraction of sp³-hybridized carbons (Fsp3) is 0.923. The van der Waals surface area contributed by atoms with E-state index in [1.54, 1.807) is 0 Å². The van der Waals surface area contributed by atoms with Crippen molar-refractivity contribution >= 4 is 0 Å². The molecule has 0 aliphatic heterocycles. The third-order valence-electron chi connectivity index (χ3n) is 3.22. The number of hydrogen-bond donors (Lipinski definition) is 0. The third kappa shape index (κ3) is 4.22. The lowest BCUT2D eigenvalue weighted by Crippen LogP contribution is -2.24. The Labute approximate surface area is 93.6 Å². The van der Waals surface area contributed by atoms with E-state index in [1.807, 2.05) is 0 Å². The van der Waals surface area contributed by atoms with Crippen molar-refractivity contribution in [3.05, 3.63) is 0 Å². The quantitative estimate of drug-likeness (QED) is 0.649. The molecule has 0 unspecified atom stereocenters. The number of ether oxygens (including phenoxy) is 1. The molecule has 86 valence electrons. The predicted molar refractivity (Wildman–Crippen MR) is 61.4 cm³/mol. The molecule has 1 aliphatic carbocycles. The number of rotatable bonds is 5. The van der Waals surface area contributed by atoms with Gasteiger partial charge in [-0.3, -0.25) is 0 Å². The second kappa shape index (κ2) is 6.12. The zero-order valence-electron chi connectivity index (χ0n) is 10.1. The maximum absolute atomic E-state index is 9.24. The van der Waals surface area contributed by atoms with Crippen LogP contribution >= 0.6 is 0 Å².